The van der Waals surface area contributed by atoms with E-state index in [0.29, 0.717) is 17.2 Å². The molecule has 0 bridgehead atoms. The van der Waals surface area contributed by atoms with Crippen molar-refractivity contribution in [1.29, 1.82) is 0 Å². The van der Waals surface area contributed by atoms with Gasteiger partial charge in [0.05, 0.1) is 6.42 Å². The van der Waals surface area contributed by atoms with Crippen LogP contribution < -0.4 is 14.8 Å². The molecule has 0 radical (unpaired) electrons. The minimum Gasteiger partial charge on any atom is -0.454 e. The van der Waals surface area contributed by atoms with Crippen LogP contribution in [-0.4, -0.2) is 24.8 Å². The zero-order chi connectivity index (χ0) is 17.8. The fourth-order valence-corrected chi connectivity index (χ4v) is 2.47. The molecular formula is C19H19NO5. The molecule has 130 valence electrons. The molecule has 1 unspecified atom stereocenters. The Bertz CT molecular complexity index is 802. The number of hydrogen-bond donors (Lipinski definition) is 1. The Morgan fingerprint density at radius 2 is 1.92 bits per heavy atom. The van der Waals surface area contributed by atoms with E-state index in [-0.39, 0.29) is 13.2 Å². The number of hydrogen-bond acceptors (Lipinski definition) is 5. The zero-order valence-electron chi connectivity index (χ0n) is 14.1. The molecule has 2 aromatic rings. The number of anilines is 1. The highest BCUT2D eigenvalue weighted by atomic mass is 16.7. The summed E-state index contributed by atoms with van der Waals surface area (Å²) < 4.78 is 15.7. The summed E-state index contributed by atoms with van der Waals surface area (Å²) in [6.45, 7) is 3.64. The van der Waals surface area contributed by atoms with Gasteiger partial charge in [-0.2, -0.15) is 0 Å². The van der Waals surface area contributed by atoms with Gasteiger partial charge < -0.3 is 19.5 Å². The number of rotatable bonds is 5. The quantitative estimate of drug-likeness (QED) is 0.847. The number of nitrogens with one attached hydrogen (secondary N) is 1. The third-order valence-electron chi connectivity index (χ3n) is 3.91. The lowest BCUT2D eigenvalue weighted by Crippen LogP contribution is -2.30. The molecular weight excluding hydrogens is 322 g/mol. The molecule has 1 aliphatic rings. The molecule has 1 aliphatic heterocycles. The second-order valence-electron chi connectivity index (χ2n) is 5.79. The second-order valence-corrected chi connectivity index (χ2v) is 5.79. The standard InChI is InChI=1S/C19H19NO5/c1-12-5-3-4-6-14(12)9-18(21)25-13(2)19(22)20-15-7-8-16-17(10-15)24-11-23-16/h3-8,10,13H,9,11H2,1-2H3,(H,20,22). The summed E-state index contributed by atoms with van der Waals surface area (Å²) in [5, 5.41) is 2.70. The third-order valence-corrected chi connectivity index (χ3v) is 3.91. The van der Waals surface area contributed by atoms with Crippen LogP contribution in [0.3, 0.4) is 0 Å². The van der Waals surface area contributed by atoms with E-state index in [1.165, 1.54) is 6.92 Å². The number of esters is 1. The molecule has 0 saturated carbocycles. The molecule has 0 aliphatic carbocycles. The maximum Gasteiger partial charge on any atom is 0.311 e. The molecule has 2 aromatic carbocycles. The topological polar surface area (TPSA) is 73.9 Å². The monoisotopic (exact) mass is 341 g/mol. The van der Waals surface area contributed by atoms with Crippen LogP contribution in [0.4, 0.5) is 5.69 Å². The first-order chi connectivity index (χ1) is 12.0. The van der Waals surface area contributed by atoms with Crippen molar-refractivity contribution in [2.75, 3.05) is 12.1 Å². The molecule has 6 nitrogen and oxygen atoms in total. The van der Waals surface area contributed by atoms with Gasteiger partial charge in [0.15, 0.2) is 17.6 Å². The number of amides is 1. The lowest BCUT2D eigenvalue weighted by molar-refractivity contribution is -0.152. The van der Waals surface area contributed by atoms with Gasteiger partial charge >= 0.3 is 5.97 Å². The molecule has 1 heterocycles. The van der Waals surface area contributed by atoms with E-state index in [4.69, 9.17) is 14.2 Å². The molecule has 1 amide bonds. The Balaban J connectivity index is 1.55. The van der Waals surface area contributed by atoms with Crippen LogP contribution in [0.25, 0.3) is 0 Å². The van der Waals surface area contributed by atoms with Gasteiger partial charge in [0.25, 0.3) is 5.91 Å². The van der Waals surface area contributed by atoms with Gasteiger partial charge in [-0.3, -0.25) is 9.59 Å². The van der Waals surface area contributed by atoms with Gasteiger partial charge in [0, 0.05) is 11.8 Å². The molecule has 0 saturated heterocycles. The summed E-state index contributed by atoms with van der Waals surface area (Å²) in [6, 6.07) is 12.7. The summed E-state index contributed by atoms with van der Waals surface area (Å²) in [6.07, 6.45) is -0.768. The van der Waals surface area contributed by atoms with Crippen molar-refractivity contribution < 1.29 is 23.8 Å². The SMILES string of the molecule is Cc1ccccc1CC(=O)OC(C)C(=O)Nc1ccc2c(c1)OCO2. The molecule has 3 rings (SSSR count). The van der Waals surface area contributed by atoms with Crippen LogP contribution in [0.1, 0.15) is 18.1 Å². The van der Waals surface area contributed by atoms with E-state index in [2.05, 4.69) is 5.32 Å². The first-order valence-electron chi connectivity index (χ1n) is 7.97. The summed E-state index contributed by atoms with van der Waals surface area (Å²) >= 11 is 0. The van der Waals surface area contributed by atoms with Crippen LogP contribution in [0, 0.1) is 6.92 Å². The number of fused-ring (bicyclic) bond motifs is 1. The highest BCUT2D eigenvalue weighted by Gasteiger charge is 2.20. The fraction of sp³-hybridized carbons (Fsp3) is 0.263. The molecule has 0 spiro atoms. The van der Waals surface area contributed by atoms with Crippen molar-refractivity contribution in [3.05, 3.63) is 53.6 Å². The molecule has 6 heteroatoms. The van der Waals surface area contributed by atoms with E-state index in [1.807, 2.05) is 31.2 Å². The first kappa shape index (κ1) is 16.8. The summed E-state index contributed by atoms with van der Waals surface area (Å²) in [4.78, 5) is 24.3. The fourth-order valence-electron chi connectivity index (χ4n) is 2.47. The van der Waals surface area contributed by atoms with Gasteiger partial charge in [-0.15, -0.1) is 0 Å². The van der Waals surface area contributed by atoms with Crippen LogP contribution in [0.2, 0.25) is 0 Å². The summed E-state index contributed by atoms with van der Waals surface area (Å²) in [5.41, 5.74) is 2.45. The maximum absolute atomic E-state index is 12.2. The van der Waals surface area contributed by atoms with Gasteiger partial charge in [-0.1, -0.05) is 24.3 Å². The van der Waals surface area contributed by atoms with E-state index in [0.717, 1.165) is 11.1 Å². The number of benzene rings is 2. The van der Waals surface area contributed by atoms with Crippen molar-refractivity contribution in [3.63, 3.8) is 0 Å². The van der Waals surface area contributed by atoms with Gasteiger partial charge in [0.1, 0.15) is 0 Å². The number of carbonyl (C=O) groups excluding carboxylic acids is 2. The smallest absolute Gasteiger partial charge is 0.311 e. The van der Waals surface area contributed by atoms with Crippen LogP contribution in [0.5, 0.6) is 11.5 Å². The van der Waals surface area contributed by atoms with Crippen molar-refractivity contribution >= 4 is 17.6 Å². The second kappa shape index (κ2) is 7.25. The summed E-state index contributed by atoms with van der Waals surface area (Å²) in [7, 11) is 0. The van der Waals surface area contributed by atoms with Crippen LogP contribution >= 0.6 is 0 Å². The molecule has 0 aromatic heterocycles. The maximum atomic E-state index is 12.2. The van der Waals surface area contributed by atoms with Crippen molar-refractivity contribution in [2.24, 2.45) is 0 Å². The summed E-state index contributed by atoms with van der Waals surface area (Å²) in [5.74, 6) is 0.359. The van der Waals surface area contributed by atoms with Crippen LogP contribution in [-0.2, 0) is 20.7 Å². The lowest BCUT2D eigenvalue weighted by Gasteiger charge is -2.14. The first-order valence-corrected chi connectivity index (χ1v) is 7.97. The van der Waals surface area contributed by atoms with Crippen LogP contribution in [0.15, 0.2) is 42.5 Å². The molecule has 25 heavy (non-hydrogen) atoms. The average molecular weight is 341 g/mol. The minimum atomic E-state index is -0.901. The minimum absolute atomic E-state index is 0.133. The molecule has 1 atom stereocenters. The van der Waals surface area contributed by atoms with E-state index >= 15 is 0 Å². The van der Waals surface area contributed by atoms with Gasteiger partial charge in [-0.25, -0.2) is 0 Å². The highest BCUT2D eigenvalue weighted by molar-refractivity contribution is 5.95. The van der Waals surface area contributed by atoms with Gasteiger partial charge in [0.2, 0.25) is 6.79 Å². The Kier molecular flexibility index (Phi) is 4.88. The third kappa shape index (κ3) is 4.09. The Hall–Kier alpha value is -3.02. The molecule has 0 fully saturated rings. The largest absolute Gasteiger partial charge is 0.454 e. The number of ether oxygens (including phenoxy) is 3. The Morgan fingerprint density at radius 1 is 1.16 bits per heavy atom. The predicted octanol–water partition coefficient (Wildman–Crippen LogP) is 2.84. The van der Waals surface area contributed by atoms with E-state index < -0.39 is 18.0 Å². The zero-order valence-corrected chi connectivity index (χ0v) is 14.1. The number of carbonyl (C=O) groups is 2. The average Bonchev–Trinajstić information content (AvgIpc) is 3.04. The lowest BCUT2D eigenvalue weighted by atomic mass is 10.1. The highest BCUT2D eigenvalue weighted by Crippen LogP contribution is 2.34. The van der Waals surface area contributed by atoms with E-state index in [9.17, 15) is 9.59 Å². The molecule has 1 N–H and O–H groups in total. The van der Waals surface area contributed by atoms with Crippen molar-refractivity contribution in [2.45, 2.75) is 26.4 Å². The Morgan fingerprint density at radius 3 is 2.72 bits per heavy atom. The predicted molar refractivity (Wildman–Crippen MR) is 91.6 cm³/mol. The normalized spacial score (nSPS) is 13.2. The van der Waals surface area contributed by atoms with Gasteiger partial charge in [-0.05, 0) is 37.1 Å². The van der Waals surface area contributed by atoms with E-state index in [1.54, 1.807) is 18.2 Å². The Labute approximate surface area is 145 Å². The van der Waals surface area contributed by atoms with Crippen molar-refractivity contribution in [1.82, 2.24) is 0 Å². The van der Waals surface area contributed by atoms with Crippen molar-refractivity contribution in [3.8, 4) is 11.5 Å². The number of aryl methyl sites for hydroxylation is 1.